The van der Waals surface area contributed by atoms with Crippen LogP contribution in [0.25, 0.3) is 10.8 Å². The normalized spacial score (nSPS) is 14.8. The van der Waals surface area contributed by atoms with E-state index in [2.05, 4.69) is 12.1 Å². The van der Waals surface area contributed by atoms with Crippen LogP contribution in [0.4, 0.5) is 0 Å². The summed E-state index contributed by atoms with van der Waals surface area (Å²) in [6.45, 7) is 2.39. The molecule has 1 unspecified atom stereocenters. The molecule has 2 heteroatoms. The minimum Gasteiger partial charge on any atom is -0.385 e. The fourth-order valence-electron chi connectivity index (χ4n) is 2.13. The molecule has 0 spiro atoms. The Balaban J connectivity index is 2.47. The first kappa shape index (κ1) is 12.1. The van der Waals surface area contributed by atoms with E-state index in [9.17, 15) is 5.11 Å². The maximum Gasteiger partial charge on any atom is 0.0896 e. The van der Waals surface area contributed by atoms with Crippen molar-refractivity contribution in [2.75, 3.05) is 13.7 Å². The highest BCUT2D eigenvalue weighted by atomic mass is 16.5. The van der Waals surface area contributed by atoms with Crippen LogP contribution in [-0.2, 0) is 10.3 Å². The third kappa shape index (κ3) is 2.48. The van der Waals surface area contributed by atoms with Crippen molar-refractivity contribution in [1.29, 1.82) is 0 Å². The predicted molar refractivity (Wildman–Crippen MR) is 70.0 cm³/mol. The minimum absolute atomic E-state index is 0.552. The standard InChI is InChI=1S/C15H18O2/c1-15(16,10-11-17-2)14-9-5-7-12-6-3-4-8-13(12)14/h3-9,16H,10-11H2,1-2H3. The molecular formula is C15H18O2. The van der Waals surface area contributed by atoms with Gasteiger partial charge in [-0.25, -0.2) is 0 Å². The van der Waals surface area contributed by atoms with Gasteiger partial charge in [-0.1, -0.05) is 42.5 Å². The SMILES string of the molecule is COCCC(C)(O)c1cccc2ccccc12. The number of benzene rings is 2. The number of methoxy groups -OCH3 is 1. The lowest BCUT2D eigenvalue weighted by molar-refractivity contribution is 0.0223. The van der Waals surface area contributed by atoms with Crippen molar-refractivity contribution in [2.45, 2.75) is 18.9 Å². The summed E-state index contributed by atoms with van der Waals surface area (Å²) in [5.41, 5.74) is 0.115. The zero-order valence-corrected chi connectivity index (χ0v) is 10.3. The Bertz CT molecular complexity index is 498. The summed E-state index contributed by atoms with van der Waals surface area (Å²) in [5.74, 6) is 0. The Morgan fingerprint density at radius 3 is 2.59 bits per heavy atom. The van der Waals surface area contributed by atoms with E-state index in [1.165, 1.54) is 0 Å². The average molecular weight is 230 g/mol. The zero-order chi connectivity index (χ0) is 12.3. The molecule has 0 radical (unpaired) electrons. The zero-order valence-electron chi connectivity index (χ0n) is 10.3. The van der Waals surface area contributed by atoms with Crippen LogP contribution >= 0.6 is 0 Å². The molecule has 0 saturated heterocycles. The van der Waals surface area contributed by atoms with Gasteiger partial charge in [-0.15, -0.1) is 0 Å². The summed E-state index contributed by atoms with van der Waals surface area (Å²) < 4.78 is 5.05. The van der Waals surface area contributed by atoms with Crippen molar-refractivity contribution in [3.05, 3.63) is 48.0 Å². The Labute approximate surface area is 102 Å². The number of hydrogen-bond donors (Lipinski definition) is 1. The largest absolute Gasteiger partial charge is 0.385 e. The molecule has 0 aliphatic carbocycles. The molecule has 1 atom stereocenters. The smallest absolute Gasteiger partial charge is 0.0896 e. The lowest BCUT2D eigenvalue weighted by Gasteiger charge is -2.25. The van der Waals surface area contributed by atoms with Gasteiger partial charge in [0.15, 0.2) is 0 Å². The lowest BCUT2D eigenvalue weighted by Crippen LogP contribution is -2.23. The molecule has 2 nitrogen and oxygen atoms in total. The van der Waals surface area contributed by atoms with E-state index in [0.29, 0.717) is 13.0 Å². The van der Waals surface area contributed by atoms with E-state index in [1.807, 2.05) is 37.3 Å². The van der Waals surface area contributed by atoms with Crippen molar-refractivity contribution in [3.8, 4) is 0 Å². The van der Waals surface area contributed by atoms with Crippen molar-refractivity contribution in [2.24, 2.45) is 0 Å². The molecule has 2 aromatic carbocycles. The van der Waals surface area contributed by atoms with Crippen LogP contribution < -0.4 is 0 Å². The molecule has 0 saturated carbocycles. The van der Waals surface area contributed by atoms with Crippen molar-refractivity contribution >= 4 is 10.8 Å². The van der Waals surface area contributed by atoms with E-state index in [0.717, 1.165) is 16.3 Å². The summed E-state index contributed by atoms with van der Waals surface area (Å²) in [5, 5.41) is 12.8. The van der Waals surface area contributed by atoms with Gasteiger partial charge in [0.2, 0.25) is 0 Å². The average Bonchev–Trinajstić information content (AvgIpc) is 2.36. The Morgan fingerprint density at radius 1 is 1.12 bits per heavy atom. The lowest BCUT2D eigenvalue weighted by atomic mass is 9.89. The topological polar surface area (TPSA) is 29.5 Å². The van der Waals surface area contributed by atoms with E-state index in [-0.39, 0.29) is 0 Å². The molecule has 90 valence electrons. The second-order valence-corrected chi connectivity index (χ2v) is 4.54. The van der Waals surface area contributed by atoms with Crippen molar-refractivity contribution < 1.29 is 9.84 Å². The van der Waals surface area contributed by atoms with E-state index in [1.54, 1.807) is 7.11 Å². The van der Waals surface area contributed by atoms with Crippen LogP contribution in [0.1, 0.15) is 18.9 Å². The minimum atomic E-state index is -0.850. The first-order valence-electron chi connectivity index (χ1n) is 5.85. The molecule has 0 bridgehead atoms. The number of ether oxygens (including phenoxy) is 1. The van der Waals surface area contributed by atoms with Gasteiger partial charge in [0, 0.05) is 20.1 Å². The Hall–Kier alpha value is -1.38. The molecule has 0 aromatic heterocycles. The van der Waals surface area contributed by atoms with Gasteiger partial charge < -0.3 is 9.84 Å². The van der Waals surface area contributed by atoms with Crippen LogP contribution in [0, 0.1) is 0 Å². The third-order valence-corrected chi connectivity index (χ3v) is 3.16. The molecule has 17 heavy (non-hydrogen) atoms. The number of aliphatic hydroxyl groups is 1. The molecule has 0 aliphatic heterocycles. The molecule has 0 amide bonds. The van der Waals surface area contributed by atoms with Gasteiger partial charge in [-0.05, 0) is 23.3 Å². The first-order valence-corrected chi connectivity index (χ1v) is 5.85. The summed E-state index contributed by atoms with van der Waals surface area (Å²) in [6, 6.07) is 14.1. The highest BCUT2D eigenvalue weighted by Gasteiger charge is 2.24. The molecule has 2 rings (SSSR count). The second kappa shape index (κ2) is 4.86. The third-order valence-electron chi connectivity index (χ3n) is 3.16. The fourth-order valence-corrected chi connectivity index (χ4v) is 2.13. The van der Waals surface area contributed by atoms with Crippen LogP contribution in [0.3, 0.4) is 0 Å². The van der Waals surface area contributed by atoms with Crippen LogP contribution in [0.2, 0.25) is 0 Å². The molecule has 0 heterocycles. The van der Waals surface area contributed by atoms with Crippen LogP contribution in [-0.4, -0.2) is 18.8 Å². The maximum atomic E-state index is 10.5. The maximum absolute atomic E-state index is 10.5. The van der Waals surface area contributed by atoms with Gasteiger partial charge >= 0.3 is 0 Å². The van der Waals surface area contributed by atoms with Gasteiger partial charge in [0.25, 0.3) is 0 Å². The van der Waals surface area contributed by atoms with Crippen LogP contribution in [0.15, 0.2) is 42.5 Å². The highest BCUT2D eigenvalue weighted by Crippen LogP contribution is 2.30. The molecule has 0 fully saturated rings. The molecule has 1 N–H and O–H groups in total. The van der Waals surface area contributed by atoms with Gasteiger partial charge in [-0.3, -0.25) is 0 Å². The number of hydrogen-bond acceptors (Lipinski definition) is 2. The van der Waals surface area contributed by atoms with E-state index in [4.69, 9.17) is 4.74 Å². The summed E-state index contributed by atoms with van der Waals surface area (Å²) >= 11 is 0. The van der Waals surface area contributed by atoms with Crippen LogP contribution in [0.5, 0.6) is 0 Å². The monoisotopic (exact) mass is 230 g/mol. The molecule has 0 aliphatic rings. The second-order valence-electron chi connectivity index (χ2n) is 4.54. The van der Waals surface area contributed by atoms with Gasteiger partial charge in [-0.2, -0.15) is 0 Å². The van der Waals surface area contributed by atoms with E-state index < -0.39 is 5.60 Å². The summed E-state index contributed by atoms with van der Waals surface area (Å²) in [6.07, 6.45) is 0.595. The molecular weight excluding hydrogens is 212 g/mol. The number of rotatable bonds is 4. The predicted octanol–water partition coefficient (Wildman–Crippen LogP) is 3.08. The molecule has 2 aromatic rings. The van der Waals surface area contributed by atoms with Crippen molar-refractivity contribution in [1.82, 2.24) is 0 Å². The van der Waals surface area contributed by atoms with Gasteiger partial charge in [0.05, 0.1) is 5.60 Å². The Kier molecular flexibility index (Phi) is 3.46. The highest BCUT2D eigenvalue weighted by molar-refractivity contribution is 5.86. The van der Waals surface area contributed by atoms with E-state index >= 15 is 0 Å². The van der Waals surface area contributed by atoms with Crippen molar-refractivity contribution in [3.63, 3.8) is 0 Å². The van der Waals surface area contributed by atoms with Gasteiger partial charge in [0.1, 0.15) is 0 Å². The quantitative estimate of drug-likeness (QED) is 0.874. The summed E-state index contributed by atoms with van der Waals surface area (Å²) in [4.78, 5) is 0. The number of fused-ring (bicyclic) bond motifs is 1. The fraction of sp³-hybridized carbons (Fsp3) is 0.333. The first-order chi connectivity index (χ1) is 8.15. The summed E-state index contributed by atoms with van der Waals surface area (Å²) in [7, 11) is 1.65. The Morgan fingerprint density at radius 2 is 1.82 bits per heavy atom.